The van der Waals surface area contributed by atoms with Crippen molar-refractivity contribution in [2.75, 3.05) is 0 Å². The normalized spacial score (nSPS) is 23.2. The van der Waals surface area contributed by atoms with E-state index in [1.165, 1.54) is 64.2 Å². The molecule has 0 aromatic heterocycles. The largest absolute Gasteiger partial charge is 0.361 e. The Kier molecular flexibility index (Phi) is 8.30. The number of hydrogen-bond acceptors (Lipinski definition) is 1. The molecule has 0 radical (unpaired) electrons. The van der Waals surface area contributed by atoms with E-state index in [0.29, 0.717) is 24.2 Å². The molecular formula is C19H37N4PS. The molecule has 0 amide bonds. The molecule has 0 aliphatic heterocycles. The molecule has 0 heterocycles. The Morgan fingerprint density at radius 3 is 1.60 bits per heavy atom. The van der Waals surface area contributed by atoms with Crippen LogP contribution in [0.4, 0.5) is 0 Å². The van der Waals surface area contributed by atoms with E-state index in [1.54, 1.807) is 5.96 Å². The van der Waals surface area contributed by atoms with E-state index < -0.39 is 6.34 Å². The third-order valence-electron chi connectivity index (χ3n) is 5.82. The van der Waals surface area contributed by atoms with Gasteiger partial charge in [0.1, 0.15) is 0 Å². The molecule has 0 aromatic carbocycles. The Labute approximate surface area is 160 Å². The van der Waals surface area contributed by atoms with Crippen LogP contribution in [0.25, 0.3) is 5.53 Å². The molecule has 6 heteroatoms. The van der Waals surface area contributed by atoms with Crippen LogP contribution < -0.4 is 0 Å². The number of rotatable bonds is 7. The van der Waals surface area contributed by atoms with Gasteiger partial charge in [-0.2, -0.15) is 4.79 Å². The summed E-state index contributed by atoms with van der Waals surface area (Å²) >= 11 is 6.41. The molecule has 2 aliphatic rings. The zero-order chi connectivity index (χ0) is 18.4. The summed E-state index contributed by atoms with van der Waals surface area (Å²) in [5.41, 5.74) is 9.54. The van der Waals surface area contributed by atoms with E-state index in [2.05, 4.69) is 41.8 Å². The van der Waals surface area contributed by atoms with E-state index in [4.69, 9.17) is 11.8 Å². The highest BCUT2D eigenvalue weighted by molar-refractivity contribution is 8.19. The van der Waals surface area contributed by atoms with Crippen molar-refractivity contribution in [1.29, 1.82) is 0 Å². The van der Waals surface area contributed by atoms with Gasteiger partial charge in [0.2, 0.25) is 0 Å². The molecule has 1 atom stereocenters. The van der Waals surface area contributed by atoms with Crippen molar-refractivity contribution in [3.63, 3.8) is 0 Å². The van der Waals surface area contributed by atoms with Gasteiger partial charge < -0.3 is 5.53 Å². The van der Waals surface area contributed by atoms with Crippen molar-refractivity contribution < 1.29 is 4.79 Å². The third-order valence-corrected chi connectivity index (χ3v) is 10.5. The molecule has 2 saturated carbocycles. The summed E-state index contributed by atoms with van der Waals surface area (Å²) < 4.78 is 5.16. The summed E-state index contributed by atoms with van der Waals surface area (Å²) in [5.74, 6) is 1.74. The zero-order valence-electron chi connectivity index (χ0n) is 16.6. The highest BCUT2D eigenvalue weighted by Crippen LogP contribution is 2.58. The lowest BCUT2D eigenvalue weighted by Crippen LogP contribution is -2.49. The first-order valence-corrected chi connectivity index (χ1v) is 13.1. The van der Waals surface area contributed by atoms with Gasteiger partial charge in [0, 0.05) is 24.2 Å². The number of hydrogen-bond donors (Lipinski definition) is 0. The van der Waals surface area contributed by atoms with Crippen molar-refractivity contribution >= 4 is 24.1 Å². The lowest BCUT2D eigenvalue weighted by Gasteiger charge is -2.50. The van der Waals surface area contributed by atoms with E-state index in [1.807, 2.05) is 0 Å². The van der Waals surface area contributed by atoms with E-state index in [0.717, 1.165) is 0 Å². The lowest BCUT2D eigenvalue weighted by atomic mass is 9.91. The minimum Gasteiger partial charge on any atom is -0.361 e. The molecule has 25 heavy (non-hydrogen) atoms. The first-order valence-electron chi connectivity index (χ1n) is 10.3. The third kappa shape index (κ3) is 5.02. The SMILES string of the molecule is CC(C)N(C(C)C)P(=S)(C=[N+]=[N-])N(C1CCCCC1)C1CCCCC1. The van der Waals surface area contributed by atoms with Gasteiger partial charge >= 0.3 is 5.96 Å². The quantitative estimate of drug-likeness (QED) is 0.247. The summed E-state index contributed by atoms with van der Waals surface area (Å²) in [7, 11) is 0. The zero-order valence-corrected chi connectivity index (χ0v) is 18.3. The van der Waals surface area contributed by atoms with Crippen LogP contribution in [0, 0.1) is 0 Å². The molecule has 2 rings (SSSR count). The van der Waals surface area contributed by atoms with E-state index >= 15 is 0 Å². The van der Waals surface area contributed by atoms with E-state index in [-0.39, 0.29) is 0 Å². The summed E-state index contributed by atoms with van der Waals surface area (Å²) in [6.07, 6.45) is 10.7. The highest BCUT2D eigenvalue weighted by Gasteiger charge is 2.45. The van der Waals surface area contributed by atoms with Crippen molar-refractivity contribution in [2.24, 2.45) is 0 Å². The van der Waals surface area contributed by atoms with Crippen LogP contribution in [0.1, 0.15) is 91.9 Å². The fourth-order valence-electron chi connectivity index (χ4n) is 5.02. The predicted octanol–water partition coefficient (Wildman–Crippen LogP) is 5.64. The highest BCUT2D eigenvalue weighted by atomic mass is 32.4. The predicted molar refractivity (Wildman–Crippen MR) is 112 cm³/mol. The van der Waals surface area contributed by atoms with Crippen LogP contribution >= 0.6 is 6.34 Å². The molecule has 0 bridgehead atoms. The maximum atomic E-state index is 9.54. The Morgan fingerprint density at radius 2 is 1.28 bits per heavy atom. The molecular weight excluding hydrogens is 347 g/mol. The Hall–Kier alpha value is -0.0500. The average molecular weight is 385 g/mol. The van der Waals surface area contributed by atoms with Crippen molar-refractivity contribution in [2.45, 2.75) is 116 Å². The standard InChI is InChI=1S/C19H37N4PS/c1-16(2)22(17(3)4)24(25,15-21-20)23(18-11-7-5-8-12-18)19-13-9-6-10-14-19/h15-19H,5-14H2,1-4H3. The smallest absolute Gasteiger partial charge is 0.314 e. The number of nitrogens with zero attached hydrogens (tertiary/aromatic N) is 4. The van der Waals surface area contributed by atoms with Gasteiger partial charge in [-0.3, -0.25) is 0 Å². The van der Waals surface area contributed by atoms with Crippen LogP contribution in [0.3, 0.4) is 0 Å². The van der Waals surface area contributed by atoms with Gasteiger partial charge in [0.25, 0.3) is 0 Å². The van der Waals surface area contributed by atoms with Gasteiger partial charge in [-0.25, -0.2) is 9.34 Å². The maximum Gasteiger partial charge on any atom is 0.314 e. The molecule has 2 aliphatic carbocycles. The summed E-state index contributed by atoms with van der Waals surface area (Å²) in [5, 5.41) is 0. The maximum absolute atomic E-state index is 9.54. The first-order chi connectivity index (χ1) is 11.9. The minimum atomic E-state index is -2.23. The van der Waals surface area contributed by atoms with Crippen LogP contribution in [-0.4, -0.2) is 44.3 Å². The molecule has 1 unspecified atom stereocenters. The average Bonchev–Trinajstić information content (AvgIpc) is 2.56. The van der Waals surface area contributed by atoms with Crippen LogP contribution in [0.5, 0.6) is 0 Å². The lowest BCUT2D eigenvalue weighted by molar-refractivity contribution is 0.00610. The van der Waals surface area contributed by atoms with Gasteiger partial charge in [0.15, 0.2) is 6.34 Å². The van der Waals surface area contributed by atoms with Gasteiger partial charge in [-0.1, -0.05) is 50.3 Å². The van der Waals surface area contributed by atoms with Crippen molar-refractivity contribution in [3.05, 3.63) is 5.53 Å². The molecule has 144 valence electrons. The summed E-state index contributed by atoms with van der Waals surface area (Å²) in [6.45, 7) is 8.91. The summed E-state index contributed by atoms with van der Waals surface area (Å²) in [6, 6.07) is 1.80. The topological polar surface area (TPSA) is 42.9 Å². The van der Waals surface area contributed by atoms with Gasteiger partial charge in [-0.05, 0) is 53.4 Å². The van der Waals surface area contributed by atoms with E-state index in [9.17, 15) is 5.53 Å². The fraction of sp³-hybridized carbons (Fsp3) is 0.947. The monoisotopic (exact) mass is 384 g/mol. The molecule has 4 nitrogen and oxygen atoms in total. The Bertz CT molecular complexity index is 478. The Balaban J connectivity index is 2.47. The fourth-order valence-corrected chi connectivity index (χ4v) is 10.4. The second-order valence-electron chi connectivity index (χ2n) is 8.35. The first kappa shape index (κ1) is 21.3. The summed E-state index contributed by atoms with van der Waals surface area (Å²) in [4.78, 5) is 3.54. The second-order valence-corrected chi connectivity index (χ2v) is 12.3. The van der Waals surface area contributed by atoms with Crippen molar-refractivity contribution in [3.8, 4) is 0 Å². The molecule has 0 aromatic rings. The molecule has 0 N–H and O–H groups in total. The van der Waals surface area contributed by atoms with Crippen LogP contribution in [0.2, 0.25) is 0 Å². The van der Waals surface area contributed by atoms with Crippen LogP contribution in [0.15, 0.2) is 0 Å². The van der Waals surface area contributed by atoms with Gasteiger partial charge in [0.05, 0.1) is 0 Å². The van der Waals surface area contributed by atoms with Crippen molar-refractivity contribution in [1.82, 2.24) is 9.34 Å². The van der Waals surface area contributed by atoms with Gasteiger partial charge in [-0.15, -0.1) is 0 Å². The molecule has 0 spiro atoms. The minimum absolute atomic E-state index is 0.346. The van der Waals surface area contributed by atoms with Crippen LogP contribution in [-0.2, 0) is 11.8 Å². The molecule has 0 saturated heterocycles. The molecule has 2 fully saturated rings. The second kappa shape index (κ2) is 9.76. The Morgan fingerprint density at radius 1 is 0.880 bits per heavy atom.